The van der Waals surface area contributed by atoms with Gasteiger partial charge in [0.2, 0.25) is 5.91 Å². The summed E-state index contributed by atoms with van der Waals surface area (Å²) in [5.41, 5.74) is 0. The lowest BCUT2D eigenvalue weighted by Gasteiger charge is -2.40. The average molecular weight is 183 g/mol. The molecule has 1 aliphatic carbocycles. The third kappa shape index (κ3) is 1.30. The van der Waals surface area contributed by atoms with Crippen LogP contribution in [0.25, 0.3) is 0 Å². The summed E-state index contributed by atoms with van der Waals surface area (Å²) in [5, 5.41) is 8.62. The Morgan fingerprint density at radius 2 is 2.00 bits per heavy atom. The summed E-state index contributed by atoms with van der Waals surface area (Å²) in [6.07, 6.45) is 4.45. The second kappa shape index (κ2) is 3.01. The number of carbonyl (C=O) groups excluding carboxylic acids is 1. The van der Waals surface area contributed by atoms with Gasteiger partial charge in [-0.15, -0.1) is 0 Å². The van der Waals surface area contributed by atoms with Crippen molar-refractivity contribution in [1.82, 2.24) is 4.90 Å². The number of likely N-dealkylation sites (tertiary alicyclic amines) is 1. The van der Waals surface area contributed by atoms with Crippen molar-refractivity contribution in [2.24, 2.45) is 5.92 Å². The molecule has 1 amide bonds. The maximum atomic E-state index is 11.3. The second-order valence-corrected chi connectivity index (χ2v) is 3.82. The maximum Gasteiger partial charge on any atom is 0.317 e. The fourth-order valence-corrected chi connectivity index (χ4v) is 2.18. The number of amides is 1. The van der Waals surface area contributed by atoms with Crippen LogP contribution < -0.4 is 0 Å². The van der Waals surface area contributed by atoms with Gasteiger partial charge in [-0.2, -0.15) is 0 Å². The highest BCUT2D eigenvalue weighted by atomic mass is 16.4. The van der Waals surface area contributed by atoms with Gasteiger partial charge < -0.3 is 10.0 Å². The predicted molar refractivity (Wildman–Crippen MR) is 45.1 cm³/mol. The molecule has 1 unspecified atom stereocenters. The molecular formula is C9H13NO3. The molecule has 1 heterocycles. The molecule has 0 aromatic heterocycles. The molecule has 0 aromatic carbocycles. The largest absolute Gasteiger partial charge is 0.481 e. The summed E-state index contributed by atoms with van der Waals surface area (Å²) in [5.74, 6) is -1.90. The molecule has 1 saturated heterocycles. The van der Waals surface area contributed by atoms with E-state index in [1.807, 2.05) is 0 Å². The minimum atomic E-state index is -0.973. The Morgan fingerprint density at radius 1 is 1.38 bits per heavy atom. The Bertz CT molecular complexity index is 245. The quantitative estimate of drug-likeness (QED) is 0.500. The number of nitrogens with zero attached hydrogens (tertiary/aromatic N) is 1. The predicted octanol–water partition coefficient (Wildman–Crippen LogP) is 0.472. The number of aliphatic carboxylic acids is 1. The Balaban J connectivity index is 1.92. The Hall–Kier alpha value is -1.06. The molecule has 13 heavy (non-hydrogen) atoms. The van der Waals surface area contributed by atoms with Crippen molar-refractivity contribution < 1.29 is 14.7 Å². The van der Waals surface area contributed by atoms with Gasteiger partial charge in [0.1, 0.15) is 0 Å². The van der Waals surface area contributed by atoms with Crippen molar-refractivity contribution in [1.29, 1.82) is 0 Å². The van der Waals surface area contributed by atoms with Crippen LogP contribution in [0.15, 0.2) is 0 Å². The van der Waals surface area contributed by atoms with Gasteiger partial charge in [0.05, 0.1) is 0 Å². The van der Waals surface area contributed by atoms with Gasteiger partial charge in [-0.1, -0.05) is 12.8 Å². The summed E-state index contributed by atoms with van der Waals surface area (Å²) in [7, 11) is 0. The number of hydrogen-bond donors (Lipinski definition) is 1. The lowest BCUT2D eigenvalue weighted by molar-refractivity contribution is -0.164. The Kier molecular flexibility index (Phi) is 1.98. The van der Waals surface area contributed by atoms with Crippen LogP contribution in [-0.4, -0.2) is 34.5 Å². The van der Waals surface area contributed by atoms with Crippen LogP contribution in [0, 0.1) is 5.92 Å². The molecule has 2 rings (SSSR count). The van der Waals surface area contributed by atoms with Crippen molar-refractivity contribution in [3.63, 3.8) is 0 Å². The standard InChI is InChI=1S/C9H13NO3/c11-8-7(9(12)13)5-10(8)6-3-1-2-4-6/h6-7H,1-5H2,(H,12,13). The monoisotopic (exact) mass is 183 g/mol. The summed E-state index contributed by atoms with van der Waals surface area (Å²) < 4.78 is 0. The summed E-state index contributed by atoms with van der Waals surface area (Å²) >= 11 is 0. The minimum Gasteiger partial charge on any atom is -0.481 e. The Morgan fingerprint density at radius 3 is 2.46 bits per heavy atom. The first-order valence-corrected chi connectivity index (χ1v) is 4.73. The number of carboxylic acid groups (broad SMARTS) is 1. The number of β-lactam (4-membered cyclic amide) rings is 1. The molecule has 2 fully saturated rings. The molecule has 2 aliphatic rings. The molecule has 1 saturated carbocycles. The molecule has 1 N–H and O–H groups in total. The van der Waals surface area contributed by atoms with E-state index in [2.05, 4.69) is 0 Å². The first kappa shape index (κ1) is 8.53. The Labute approximate surface area is 76.5 Å². The van der Waals surface area contributed by atoms with Gasteiger partial charge in [-0.3, -0.25) is 9.59 Å². The van der Waals surface area contributed by atoms with Crippen LogP contribution in [0.4, 0.5) is 0 Å². The number of carbonyl (C=O) groups is 2. The van der Waals surface area contributed by atoms with E-state index in [0.29, 0.717) is 12.6 Å². The number of hydrogen-bond acceptors (Lipinski definition) is 2. The first-order valence-electron chi connectivity index (χ1n) is 4.73. The van der Waals surface area contributed by atoms with E-state index in [9.17, 15) is 9.59 Å². The normalized spacial score (nSPS) is 29.1. The van der Waals surface area contributed by atoms with E-state index in [-0.39, 0.29) is 5.91 Å². The summed E-state index contributed by atoms with van der Waals surface area (Å²) in [6.45, 7) is 0.429. The highest BCUT2D eigenvalue weighted by molar-refractivity contribution is 6.01. The first-order chi connectivity index (χ1) is 6.20. The van der Waals surface area contributed by atoms with Crippen LogP contribution in [0.2, 0.25) is 0 Å². The molecular weight excluding hydrogens is 170 g/mol. The smallest absolute Gasteiger partial charge is 0.317 e. The molecule has 4 heteroatoms. The van der Waals surface area contributed by atoms with Gasteiger partial charge in [0.25, 0.3) is 0 Å². The molecule has 0 spiro atoms. The molecule has 4 nitrogen and oxygen atoms in total. The zero-order valence-corrected chi connectivity index (χ0v) is 7.40. The SMILES string of the molecule is O=C(O)C1CN(C2CCCC2)C1=O. The van der Waals surface area contributed by atoms with Crippen molar-refractivity contribution in [3.8, 4) is 0 Å². The molecule has 0 aromatic rings. The second-order valence-electron chi connectivity index (χ2n) is 3.82. The van der Waals surface area contributed by atoms with Crippen LogP contribution in [0.5, 0.6) is 0 Å². The van der Waals surface area contributed by atoms with E-state index in [4.69, 9.17) is 5.11 Å². The van der Waals surface area contributed by atoms with Gasteiger partial charge in [0.15, 0.2) is 5.92 Å². The highest BCUT2D eigenvalue weighted by Gasteiger charge is 2.45. The lowest BCUT2D eigenvalue weighted by Crippen LogP contribution is -2.58. The molecule has 1 atom stereocenters. The minimum absolute atomic E-state index is 0.181. The molecule has 1 aliphatic heterocycles. The van der Waals surface area contributed by atoms with E-state index in [0.717, 1.165) is 12.8 Å². The van der Waals surface area contributed by atoms with Crippen LogP contribution >= 0.6 is 0 Å². The fourth-order valence-electron chi connectivity index (χ4n) is 2.18. The zero-order valence-electron chi connectivity index (χ0n) is 7.40. The van der Waals surface area contributed by atoms with Crippen LogP contribution in [0.1, 0.15) is 25.7 Å². The third-order valence-corrected chi connectivity index (χ3v) is 3.02. The highest BCUT2D eigenvalue weighted by Crippen LogP contribution is 2.30. The molecule has 72 valence electrons. The molecule has 0 radical (unpaired) electrons. The van der Waals surface area contributed by atoms with Crippen LogP contribution in [-0.2, 0) is 9.59 Å². The van der Waals surface area contributed by atoms with Crippen molar-refractivity contribution in [2.45, 2.75) is 31.7 Å². The topological polar surface area (TPSA) is 57.6 Å². The summed E-state index contributed by atoms with van der Waals surface area (Å²) in [4.78, 5) is 23.6. The van der Waals surface area contributed by atoms with Crippen molar-refractivity contribution in [2.75, 3.05) is 6.54 Å². The third-order valence-electron chi connectivity index (χ3n) is 3.02. The lowest BCUT2D eigenvalue weighted by atomic mass is 9.96. The van der Waals surface area contributed by atoms with Gasteiger partial charge in [0, 0.05) is 12.6 Å². The van der Waals surface area contributed by atoms with Gasteiger partial charge in [-0.05, 0) is 12.8 Å². The zero-order chi connectivity index (χ0) is 9.42. The van der Waals surface area contributed by atoms with E-state index >= 15 is 0 Å². The van der Waals surface area contributed by atoms with Crippen molar-refractivity contribution in [3.05, 3.63) is 0 Å². The van der Waals surface area contributed by atoms with E-state index in [1.165, 1.54) is 12.8 Å². The fraction of sp³-hybridized carbons (Fsp3) is 0.778. The van der Waals surface area contributed by atoms with Crippen molar-refractivity contribution >= 4 is 11.9 Å². The van der Waals surface area contributed by atoms with Crippen LogP contribution in [0.3, 0.4) is 0 Å². The van der Waals surface area contributed by atoms with Gasteiger partial charge in [-0.25, -0.2) is 0 Å². The van der Waals surface area contributed by atoms with E-state index in [1.54, 1.807) is 4.90 Å². The van der Waals surface area contributed by atoms with E-state index < -0.39 is 11.9 Å². The summed E-state index contributed by atoms with van der Waals surface area (Å²) in [6, 6.07) is 0.336. The molecule has 0 bridgehead atoms. The maximum absolute atomic E-state index is 11.3. The van der Waals surface area contributed by atoms with Gasteiger partial charge >= 0.3 is 5.97 Å². The number of carboxylic acids is 1. The number of rotatable bonds is 2. The average Bonchev–Trinajstić information content (AvgIpc) is 2.54.